The van der Waals surface area contributed by atoms with E-state index in [-0.39, 0.29) is 17.3 Å². The van der Waals surface area contributed by atoms with Gasteiger partial charge in [0, 0.05) is 11.9 Å². The number of benzene rings is 1. The average molecular weight is 517 g/mol. The monoisotopic (exact) mass is 516 g/mol. The number of aromatic hydroxyl groups is 1. The number of phenols is 1. The van der Waals surface area contributed by atoms with Gasteiger partial charge in [-0.15, -0.1) is 0 Å². The molecule has 1 amide bonds. The number of aromatic nitrogens is 2. The number of carbonyl (C=O) groups excluding carboxylic acids is 1. The van der Waals surface area contributed by atoms with Crippen LogP contribution in [0.3, 0.4) is 0 Å². The Bertz CT molecular complexity index is 1380. The standard InChI is InChI=1S/C26H27F3N4O4/c27-26(28,29)13-31-24(35)18-9-17-16(15-3-2-8-30-11-15)10-19(32-23(17)33-25(18)36)22-20(34)4-1-5-21(22)37-12-14-6-7-14/h1,4-5,9-10,14-15,30,34H,2-3,6-8,11-13H2,(H,31,35)(H,32,33,36). The van der Waals surface area contributed by atoms with Gasteiger partial charge in [-0.25, -0.2) is 4.98 Å². The van der Waals surface area contributed by atoms with Gasteiger partial charge in [0.1, 0.15) is 29.3 Å². The van der Waals surface area contributed by atoms with Crippen molar-refractivity contribution in [2.24, 2.45) is 5.92 Å². The molecule has 5 rings (SSSR count). The first-order valence-corrected chi connectivity index (χ1v) is 12.3. The molecule has 1 saturated heterocycles. The summed E-state index contributed by atoms with van der Waals surface area (Å²) in [5.74, 6) is -0.192. The van der Waals surface area contributed by atoms with Crippen LogP contribution < -0.4 is 20.9 Å². The molecular weight excluding hydrogens is 489 g/mol. The topological polar surface area (TPSA) is 116 Å². The van der Waals surface area contributed by atoms with Crippen LogP contribution in [0.1, 0.15) is 47.5 Å². The highest BCUT2D eigenvalue weighted by Gasteiger charge is 2.29. The Labute approximate surface area is 210 Å². The molecular formula is C26H27F3N4O4. The van der Waals surface area contributed by atoms with E-state index >= 15 is 0 Å². The van der Waals surface area contributed by atoms with Crippen LogP contribution in [0, 0.1) is 5.92 Å². The zero-order valence-electron chi connectivity index (χ0n) is 20.0. The lowest BCUT2D eigenvalue weighted by atomic mass is 9.88. The average Bonchev–Trinajstić information content (AvgIpc) is 3.70. The van der Waals surface area contributed by atoms with Crippen LogP contribution in [-0.4, -0.2) is 53.4 Å². The molecule has 2 fully saturated rings. The van der Waals surface area contributed by atoms with Gasteiger partial charge >= 0.3 is 6.18 Å². The van der Waals surface area contributed by atoms with Gasteiger partial charge in [-0.05, 0) is 73.9 Å². The second kappa shape index (κ2) is 10.0. The van der Waals surface area contributed by atoms with Crippen LogP contribution in [0.25, 0.3) is 22.3 Å². The lowest BCUT2D eigenvalue weighted by molar-refractivity contribution is -0.123. The summed E-state index contributed by atoms with van der Waals surface area (Å²) in [5.41, 5.74) is 0.445. The van der Waals surface area contributed by atoms with Gasteiger partial charge in [0.25, 0.3) is 11.5 Å². The minimum atomic E-state index is -4.61. The molecule has 1 saturated carbocycles. The van der Waals surface area contributed by atoms with E-state index in [1.807, 2.05) is 0 Å². The van der Waals surface area contributed by atoms with E-state index in [1.165, 1.54) is 12.1 Å². The van der Waals surface area contributed by atoms with Crippen molar-refractivity contribution in [1.29, 1.82) is 0 Å². The number of nitrogens with one attached hydrogen (secondary N) is 3. The summed E-state index contributed by atoms with van der Waals surface area (Å²) in [6, 6.07) is 8.07. The van der Waals surface area contributed by atoms with E-state index in [0.717, 1.165) is 37.8 Å². The molecule has 1 aromatic carbocycles. The fraction of sp³-hybridized carbons (Fsp3) is 0.423. The summed E-state index contributed by atoms with van der Waals surface area (Å²) in [6.07, 6.45) is -0.682. The van der Waals surface area contributed by atoms with E-state index in [0.29, 0.717) is 41.5 Å². The Balaban J connectivity index is 1.62. The zero-order chi connectivity index (χ0) is 26.2. The third kappa shape index (κ3) is 5.71. The molecule has 1 unspecified atom stereocenters. The molecule has 11 heteroatoms. The van der Waals surface area contributed by atoms with E-state index in [1.54, 1.807) is 23.5 Å². The molecule has 196 valence electrons. The third-order valence-corrected chi connectivity index (χ3v) is 6.72. The highest BCUT2D eigenvalue weighted by molar-refractivity contribution is 5.98. The zero-order valence-corrected chi connectivity index (χ0v) is 20.0. The number of H-pyrrole nitrogens is 1. The normalized spacial score (nSPS) is 18.1. The van der Waals surface area contributed by atoms with Gasteiger partial charge in [0.2, 0.25) is 0 Å². The Morgan fingerprint density at radius 1 is 1.22 bits per heavy atom. The number of amides is 1. The number of phenolic OH excluding ortho intramolecular Hbond substituents is 1. The molecule has 1 aliphatic heterocycles. The Morgan fingerprint density at radius 2 is 2.03 bits per heavy atom. The second-order valence-corrected chi connectivity index (χ2v) is 9.62. The maximum Gasteiger partial charge on any atom is 0.405 e. The summed E-state index contributed by atoms with van der Waals surface area (Å²) in [5, 5.41) is 16.3. The number of hydrogen-bond acceptors (Lipinski definition) is 6. The van der Waals surface area contributed by atoms with Crippen LogP contribution in [0.2, 0.25) is 0 Å². The molecule has 1 atom stereocenters. The Hall–Kier alpha value is -3.60. The maximum absolute atomic E-state index is 12.7. The number of carbonyl (C=O) groups is 1. The smallest absolute Gasteiger partial charge is 0.405 e. The lowest BCUT2D eigenvalue weighted by Gasteiger charge is -2.25. The number of ether oxygens (including phenoxy) is 1. The van der Waals surface area contributed by atoms with Gasteiger partial charge in [0.05, 0.1) is 17.9 Å². The van der Waals surface area contributed by atoms with Crippen molar-refractivity contribution in [1.82, 2.24) is 20.6 Å². The Morgan fingerprint density at radius 3 is 2.73 bits per heavy atom. The van der Waals surface area contributed by atoms with Crippen LogP contribution in [0.15, 0.2) is 35.1 Å². The molecule has 4 N–H and O–H groups in total. The number of hydrogen-bond donors (Lipinski definition) is 4. The summed E-state index contributed by atoms with van der Waals surface area (Å²) in [6.45, 7) is 0.472. The summed E-state index contributed by atoms with van der Waals surface area (Å²) >= 11 is 0. The van der Waals surface area contributed by atoms with Crippen molar-refractivity contribution < 1.29 is 27.8 Å². The van der Waals surface area contributed by atoms with Crippen molar-refractivity contribution in [3.8, 4) is 22.8 Å². The molecule has 0 bridgehead atoms. The lowest BCUT2D eigenvalue weighted by Crippen LogP contribution is -2.36. The number of alkyl halides is 3. The van der Waals surface area contributed by atoms with E-state index < -0.39 is 29.8 Å². The Kier molecular flexibility index (Phi) is 6.80. The first-order valence-electron chi connectivity index (χ1n) is 12.3. The number of pyridine rings is 2. The third-order valence-electron chi connectivity index (χ3n) is 6.72. The summed E-state index contributed by atoms with van der Waals surface area (Å²) in [4.78, 5) is 32.3. The predicted octanol–water partition coefficient (Wildman–Crippen LogP) is 3.84. The molecule has 2 aromatic heterocycles. The van der Waals surface area contributed by atoms with Crippen LogP contribution >= 0.6 is 0 Å². The van der Waals surface area contributed by atoms with E-state index in [2.05, 4.69) is 15.3 Å². The molecule has 8 nitrogen and oxygen atoms in total. The van der Waals surface area contributed by atoms with Gasteiger partial charge in [-0.1, -0.05) is 6.07 Å². The first kappa shape index (κ1) is 25.1. The van der Waals surface area contributed by atoms with Gasteiger partial charge in [-0.3, -0.25) is 9.59 Å². The van der Waals surface area contributed by atoms with Crippen molar-refractivity contribution in [2.45, 2.75) is 37.8 Å². The van der Waals surface area contributed by atoms with Gasteiger partial charge in [0.15, 0.2) is 0 Å². The highest BCUT2D eigenvalue weighted by atomic mass is 19.4. The van der Waals surface area contributed by atoms with Crippen molar-refractivity contribution in [2.75, 3.05) is 26.2 Å². The maximum atomic E-state index is 12.7. The number of halogens is 3. The summed E-state index contributed by atoms with van der Waals surface area (Å²) in [7, 11) is 0. The van der Waals surface area contributed by atoms with E-state index in [4.69, 9.17) is 4.74 Å². The van der Waals surface area contributed by atoms with Crippen molar-refractivity contribution in [3.63, 3.8) is 0 Å². The number of piperidine rings is 1. The number of aromatic amines is 1. The molecule has 3 heterocycles. The van der Waals surface area contributed by atoms with Crippen LogP contribution in [0.4, 0.5) is 13.2 Å². The SMILES string of the molecule is O=C(NCC(F)(F)F)c1cc2c(C3CCCNC3)cc(-c3c(O)cccc3OCC3CC3)nc2[nH]c1=O. The largest absolute Gasteiger partial charge is 0.507 e. The molecule has 37 heavy (non-hydrogen) atoms. The quantitative estimate of drug-likeness (QED) is 0.379. The van der Waals surface area contributed by atoms with Crippen LogP contribution in [0.5, 0.6) is 11.5 Å². The predicted molar refractivity (Wildman–Crippen MR) is 131 cm³/mol. The molecule has 0 spiro atoms. The minimum absolute atomic E-state index is 0.00308. The highest BCUT2D eigenvalue weighted by Crippen LogP contribution is 2.41. The summed E-state index contributed by atoms with van der Waals surface area (Å²) < 4.78 is 43.8. The van der Waals surface area contributed by atoms with Crippen molar-refractivity contribution >= 4 is 16.9 Å². The van der Waals surface area contributed by atoms with Crippen molar-refractivity contribution in [3.05, 3.63) is 51.8 Å². The molecule has 3 aromatic rings. The van der Waals surface area contributed by atoms with Crippen LogP contribution in [-0.2, 0) is 0 Å². The fourth-order valence-corrected chi connectivity index (χ4v) is 4.62. The number of nitrogens with zero attached hydrogens (tertiary/aromatic N) is 1. The fourth-order valence-electron chi connectivity index (χ4n) is 4.62. The molecule has 0 radical (unpaired) electrons. The molecule has 1 aliphatic carbocycles. The minimum Gasteiger partial charge on any atom is -0.507 e. The van der Waals surface area contributed by atoms with Gasteiger partial charge in [-0.2, -0.15) is 13.2 Å². The second-order valence-electron chi connectivity index (χ2n) is 9.62. The first-order chi connectivity index (χ1) is 17.7. The number of rotatable bonds is 7. The van der Waals surface area contributed by atoms with Gasteiger partial charge < -0.3 is 25.5 Å². The molecule has 2 aliphatic rings. The van der Waals surface area contributed by atoms with E-state index in [9.17, 15) is 27.9 Å². The number of fused-ring (bicyclic) bond motifs is 1.